The maximum atomic E-state index is 2.56. The first kappa shape index (κ1) is 12.9. The average molecular weight is 253 g/mol. The maximum absolute atomic E-state index is 2.56. The van der Waals surface area contributed by atoms with Crippen LogP contribution in [0, 0.1) is 0 Å². The minimum Gasteiger partial charge on any atom is -0.0716 e. The van der Waals surface area contributed by atoms with Gasteiger partial charge in [0, 0.05) is 15.2 Å². The van der Waals surface area contributed by atoms with Crippen LogP contribution in [0.3, 0.4) is 0 Å². The molecule has 0 amide bonds. The van der Waals surface area contributed by atoms with Gasteiger partial charge in [0.15, 0.2) is 0 Å². The Morgan fingerprint density at radius 3 is 1.47 bits per heavy atom. The van der Waals surface area contributed by atoms with Crippen LogP contribution in [-0.4, -0.2) is 23.0 Å². The molecule has 0 nitrogen and oxygen atoms in total. The summed E-state index contributed by atoms with van der Waals surface area (Å²) in [6.07, 6.45) is 0. The zero-order valence-electron chi connectivity index (χ0n) is 11.0. The third-order valence-corrected chi connectivity index (χ3v) is 35.4. The normalized spacial score (nSPS) is 13.3. The molecule has 3 heteroatoms. The lowest BCUT2D eigenvalue weighted by molar-refractivity contribution is 1.74. The first-order chi connectivity index (χ1) is 6.73. The van der Waals surface area contributed by atoms with Crippen molar-refractivity contribution in [2.45, 2.75) is 39.3 Å². The van der Waals surface area contributed by atoms with Gasteiger partial charge in [0.2, 0.25) is 0 Å². The highest BCUT2D eigenvalue weighted by atomic mass is 29.6. The molecule has 0 unspecified atom stereocenters. The molecule has 0 aliphatic carbocycles. The van der Waals surface area contributed by atoms with Gasteiger partial charge in [-0.25, -0.2) is 0 Å². The fourth-order valence-corrected chi connectivity index (χ4v) is 46.5. The Morgan fingerprint density at radius 2 is 1.13 bits per heavy atom. The van der Waals surface area contributed by atoms with Gasteiger partial charge in [0.05, 0.1) is 7.83 Å². The Balaban J connectivity index is 3.15. The largest absolute Gasteiger partial charge is 0.0716 e. The van der Waals surface area contributed by atoms with E-state index in [9.17, 15) is 0 Å². The van der Waals surface area contributed by atoms with Gasteiger partial charge in [-0.3, -0.25) is 0 Å². The quantitative estimate of drug-likeness (QED) is 0.726. The lowest BCUT2D eigenvalue weighted by Gasteiger charge is -2.37. The van der Waals surface area contributed by atoms with Gasteiger partial charge in [-0.1, -0.05) is 74.8 Å². The van der Waals surface area contributed by atoms with E-state index in [1.807, 2.05) is 0 Å². The Bertz CT molecular complexity index is 292. The van der Waals surface area contributed by atoms with E-state index in [0.29, 0.717) is 0 Å². The second-order valence-corrected chi connectivity index (χ2v) is 33.2. The van der Waals surface area contributed by atoms with E-state index in [1.54, 1.807) is 5.19 Å². The molecule has 0 N–H and O–H groups in total. The summed E-state index contributed by atoms with van der Waals surface area (Å²) in [5.41, 5.74) is 0. The second kappa shape index (κ2) is 4.39. The van der Waals surface area contributed by atoms with Crippen molar-refractivity contribution >= 4 is 28.2 Å². The van der Waals surface area contributed by atoms with E-state index in [1.165, 1.54) is 0 Å². The predicted molar refractivity (Wildman–Crippen MR) is 79.9 cm³/mol. The molecule has 0 heterocycles. The monoisotopic (exact) mass is 252 g/mol. The summed E-state index contributed by atoms with van der Waals surface area (Å²) in [6, 6.07) is 11.3. The number of hydrogen-bond acceptors (Lipinski definition) is 0. The van der Waals surface area contributed by atoms with Crippen LogP contribution in [-0.2, 0) is 0 Å². The van der Waals surface area contributed by atoms with E-state index in [0.717, 1.165) is 0 Å². The van der Waals surface area contributed by atoms with Crippen molar-refractivity contribution in [3.8, 4) is 0 Å². The molecular formula is C12H24Si3. The smallest absolute Gasteiger partial charge is 0.0591 e. The molecule has 15 heavy (non-hydrogen) atoms. The predicted octanol–water partition coefficient (Wildman–Crippen LogP) is 2.95. The topological polar surface area (TPSA) is 0 Å². The van der Waals surface area contributed by atoms with E-state index < -0.39 is 23.0 Å². The van der Waals surface area contributed by atoms with Gasteiger partial charge in [-0.2, -0.15) is 0 Å². The van der Waals surface area contributed by atoms with Crippen molar-refractivity contribution in [3.63, 3.8) is 0 Å². The number of hydrogen-bond donors (Lipinski definition) is 0. The minimum atomic E-state index is -0.962. The molecule has 0 fully saturated rings. The van der Waals surface area contributed by atoms with Crippen molar-refractivity contribution in [3.05, 3.63) is 30.3 Å². The Labute approximate surface area is 97.9 Å². The average Bonchev–Trinajstić information content (AvgIpc) is 2.00. The first-order valence-electron chi connectivity index (χ1n) is 5.78. The van der Waals surface area contributed by atoms with Crippen LogP contribution >= 0.6 is 0 Å². The molecule has 0 aromatic heterocycles. The third kappa shape index (κ3) is 3.43. The van der Waals surface area contributed by atoms with Crippen LogP contribution in [0.2, 0.25) is 39.3 Å². The highest BCUT2D eigenvalue weighted by molar-refractivity contribution is 7.64. The van der Waals surface area contributed by atoms with Crippen LogP contribution < -0.4 is 5.19 Å². The lowest BCUT2D eigenvalue weighted by Crippen LogP contribution is -2.65. The van der Waals surface area contributed by atoms with Crippen LogP contribution in [0.25, 0.3) is 0 Å². The molecule has 0 aliphatic heterocycles. The van der Waals surface area contributed by atoms with Crippen molar-refractivity contribution in [2.75, 3.05) is 0 Å². The zero-order valence-corrected chi connectivity index (χ0v) is 14.1. The van der Waals surface area contributed by atoms with Gasteiger partial charge in [-0.05, 0) is 0 Å². The maximum Gasteiger partial charge on any atom is 0.0591 e. The summed E-state index contributed by atoms with van der Waals surface area (Å²) >= 11 is 0. The first-order valence-corrected chi connectivity index (χ1v) is 17.0. The second-order valence-electron chi connectivity index (χ2n) is 6.58. The fraction of sp³-hybridized carbons (Fsp3) is 0.500. The molecule has 0 saturated carbocycles. The fourth-order valence-electron chi connectivity index (χ4n) is 2.94. The van der Waals surface area contributed by atoms with Gasteiger partial charge >= 0.3 is 0 Å². The standard InChI is InChI=1S/C12H24Si3/c1-14(2,3)13(15(4,5)6)12-10-8-7-9-11-12/h7-11,13H,1-6H3. The van der Waals surface area contributed by atoms with Crippen LogP contribution in [0.5, 0.6) is 0 Å². The molecule has 0 saturated heterocycles. The lowest BCUT2D eigenvalue weighted by atomic mass is 10.4. The summed E-state index contributed by atoms with van der Waals surface area (Å²) in [5, 5.41) is 1.72. The van der Waals surface area contributed by atoms with Gasteiger partial charge in [-0.15, -0.1) is 0 Å². The molecule has 0 atom stereocenters. The Hall–Kier alpha value is -0.129. The van der Waals surface area contributed by atoms with Crippen molar-refractivity contribution in [1.29, 1.82) is 0 Å². The molecular weight excluding hydrogens is 228 g/mol. The minimum absolute atomic E-state index is 0.691. The van der Waals surface area contributed by atoms with Crippen LogP contribution in [0.15, 0.2) is 30.3 Å². The zero-order chi connectivity index (χ0) is 11.7. The van der Waals surface area contributed by atoms with Crippen LogP contribution in [0.4, 0.5) is 0 Å². The molecule has 1 aromatic rings. The Kier molecular flexibility index (Phi) is 3.79. The molecule has 1 rings (SSSR count). The molecule has 0 aliphatic rings. The van der Waals surface area contributed by atoms with E-state index in [4.69, 9.17) is 0 Å². The summed E-state index contributed by atoms with van der Waals surface area (Å²) in [5.74, 6) is 0. The molecule has 0 spiro atoms. The summed E-state index contributed by atoms with van der Waals surface area (Å²) in [4.78, 5) is 0. The third-order valence-electron chi connectivity index (χ3n) is 2.86. The summed E-state index contributed by atoms with van der Waals surface area (Å²) in [6.45, 7) is 15.4. The molecule has 1 aromatic carbocycles. The number of benzene rings is 1. The summed E-state index contributed by atoms with van der Waals surface area (Å²) in [7, 11) is -2.62. The van der Waals surface area contributed by atoms with E-state index >= 15 is 0 Å². The Morgan fingerprint density at radius 1 is 0.733 bits per heavy atom. The summed E-state index contributed by atoms with van der Waals surface area (Å²) < 4.78 is 0. The molecule has 0 bridgehead atoms. The van der Waals surface area contributed by atoms with Gasteiger partial charge < -0.3 is 0 Å². The van der Waals surface area contributed by atoms with E-state index in [2.05, 4.69) is 69.6 Å². The highest BCUT2D eigenvalue weighted by Gasteiger charge is 2.39. The van der Waals surface area contributed by atoms with Gasteiger partial charge in [0.1, 0.15) is 0 Å². The molecule has 0 radical (unpaired) electrons. The highest BCUT2D eigenvalue weighted by Crippen LogP contribution is 2.17. The number of rotatable bonds is 3. The van der Waals surface area contributed by atoms with Gasteiger partial charge in [0.25, 0.3) is 0 Å². The van der Waals surface area contributed by atoms with Crippen LogP contribution in [0.1, 0.15) is 0 Å². The van der Waals surface area contributed by atoms with Crippen molar-refractivity contribution in [1.82, 2.24) is 0 Å². The van der Waals surface area contributed by atoms with Crippen molar-refractivity contribution in [2.24, 2.45) is 0 Å². The van der Waals surface area contributed by atoms with Crippen molar-refractivity contribution < 1.29 is 0 Å². The van der Waals surface area contributed by atoms with E-state index in [-0.39, 0.29) is 0 Å². The SMILES string of the molecule is C[Si](C)(C)[SiH](c1ccccc1)[Si](C)(C)C. The molecule has 84 valence electrons.